The van der Waals surface area contributed by atoms with Crippen molar-refractivity contribution < 1.29 is 0 Å². The van der Waals surface area contributed by atoms with Crippen LogP contribution >= 0.6 is 0 Å². The minimum absolute atomic E-state index is 0.862. The van der Waals surface area contributed by atoms with Gasteiger partial charge in [-0.05, 0) is 50.8 Å². The normalized spacial score (nSPS) is 14.4. The second-order valence-electron chi connectivity index (χ2n) is 5.81. The van der Waals surface area contributed by atoms with Crippen LogP contribution in [0, 0.1) is 13.8 Å². The first-order valence-electron chi connectivity index (χ1n) is 7.97. The molecule has 116 valence electrons. The van der Waals surface area contributed by atoms with Crippen LogP contribution in [0.4, 0.5) is 11.8 Å². The zero-order chi connectivity index (χ0) is 15.4. The second-order valence-corrected chi connectivity index (χ2v) is 5.81. The van der Waals surface area contributed by atoms with Gasteiger partial charge in [-0.3, -0.25) is 4.98 Å². The SMILES string of the molecule is Cc1nc(N2CCCC2)nc(NCCc2ccncc2)c1C. The molecule has 1 fully saturated rings. The molecular weight excluding hydrogens is 274 g/mol. The van der Waals surface area contributed by atoms with E-state index < -0.39 is 0 Å². The first kappa shape index (κ1) is 14.8. The molecule has 0 unspecified atom stereocenters. The highest BCUT2D eigenvalue weighted by Gasteiger charge is 2.17. The highest BCUT2D eigenvalue weighted by molar-refractivity contribution is 5.50. The van der Waals surface area contributed by atoms with Gasteiger partial charge in [0, 0.05) is 43.3 Å². The zero-order valence-corrected chi connectivity index (χ0v) is 13.3. The molecule has 0 bridgehead atoms. The quantitative estimate of drug-likeness (QED) is 0.919. The molecule has 0 radical (unpaired) electrons. The third-order valence-corrected chi connectivity index (χ3v) is 4.22. The number of nitrogens with one attached hydrogen (secondary N) is 1. The molecule has 2 aromatic heterocycles. The summed E-state index contributed by atoms with van der Waals surface area (Å²) in [5, 5.41) is 3.47. The van der Waals surface area contributed by atoms with Gasteiger partial charge in [-0.25, -0.2) is 4.98 Å². The molecule has 5 nitrogen and oxygen atoms in total. The number of pyridine rings is 1. The maximum absolute atomic E-state index is 4.74. The number of hydrogen-bond donors (Lipinski definition) is 1. The van der Waals surface area contributed by atoms with E-state index >= 15 is 0 Å². The number of aryl methyl sites for hydroxylation is 1. The van der Waals surface area contributed by atoms with E-state index in [1.165, 1.54) is 18.4 Å². The summed E-state index contributed by atoms with van der Waals surface area (Å²) in [5.41, 5.74) is 3.48. The molecular formula is C17H23N5. The first-order valence-corrected chi connectivity index (χ1v) is 7.97. The van der Waals surface area contributed by atoms with Gasteiger partial charge in [0.1, 0.15) is 5.82 Å². The molecule has 0 spiro atoms. The smallest absolute Gasteiger partial charge is 0.227 e. The van der Waals surface area contributed by atoms with Gasteiger partial charge < -0.3 is 10.2 Å². The van der Waals surface area contributed by atoms with Crippen LogP contribution in [0.25, 0.3) is 0 Å². The summed E-state index contributed by atoms with van der Waals surface area (Å²) in [6.07, 6.45) is 7.11. The Labute approximate surface area is 131 Å². The topological polar surface area (TPSA) is 53.9 Å². The molecule has 1 aliphatic heterocycles. The molecule has 1 aliphatic rings. The average molecular weight is 297 g/mol. The molecule has 3 heterocycles. The van der Waals surface area contributed by atoms with Gasteiger partial charge >= 0.3 is 0 Å². The second kappa shape index (κ2) is 6.73. The Bertz CT molecular complexity index is 620. The van der Waals surface area contributed by atoms with Gasteiger partial charge in [-0.1, -0.05) is 0 Å². The Hall–Kier alpha value is -2.17. The van der Waals surface area contributed by atoms with E-state index in [1.54, 1.807) is 0 Å². The van der Waals surface area contributed by atoms with E-state index in [0.717, 1.165) is 49.1 Å². The first-order chi connectivity index (χ1) is 10.7. The summed E-state index contributed by atoms with van der Waals surface area (Å²) in [5.74, 6) is 1.83. The molecule has 3 rings (SSSR count). The van der Waals surface area contributed by atoms with Crippen molar-refractivity contribution >= 4 is 11.8 Å². The maximum Gasteiger partial charge on any atom is 0.227 e. The highest BCUT2D eigenvalue weighted by atomic mass is 15.3. The van der Waals surface area contributed by atoms with Gasteiger partial charge in [0.2, 0.25) is 5.95 Å². The monoisotopic (exact) mass is 297 g/mol. The third-order valence-electron chi connectivity index (χ3n) is 4.22. The van der Waals surface area contributed by atoms with Crippen molar-refractivity contribution in [3.05, 3.63) is 41.3 Å². The van der Waals surface area contributed by atoms with Crippen molar-refractivity contribution in [2.24, 2.45) is 0 Å². The van der Waals surface area contributed by atoms with E-state index in [1.807, 2.05) is 12.4 Å². The molecule has 0 amide bonds. The predicted molar refractivity (Wildman–Crippen MR) is 89.4 cm³/mol. The molecule has 22 heavy (non-hydrogen) atoms. The fourth-order valence-electron chi connectivity index (χ4n) is 2.72. The van der Waals surface area contributed by atoms with Crippen LogP contribution < -0.4 is 10.2 Å². The number of anilines is 2. The standard InChI is InChI=1S/C17H23N5/c1-13-14(2)20-17(22-11-3-4-12-22)21-16(13)19-10-7-15-5-8-18-9-6-15/h5-6,8-9H,3-4,7,10-12H2,1-2H3,(H,19,20,21). The Morgan fingerprint density at radius 2 is 1.82 bits per heavy atom. The Kier molecular flexibility index (Phi) is 4.51. The summed E-state index contributed by atoms with van der Waals surface area (Å²) >= 11 is 0. The largest absolute Gasteiger partial charge is 0.369 e. The van der Waals surface area contributed by atoms with E-state index in [9.17, 15) is 0 Å². The predicted octanol–water partition coefficient (Wildman–Crippen LogP) is 2.74. The molecule has 2 aromatic rings. The van der Waals surface area contributed by atoms with Crippen LogP contribution in [0.15, 0.2) is 24.5 Å². The lowest BCUT2D eigenvalue weighted by Crippen LogP contribution is -2.22. The highest BCUT2D eigenvalue weighted by Crippen LogP contribution is 2.22. The fourth-order valence-corrected chi connectivity index (χ4v) is 2.72. The maximum atomic E-state index is 4.74. The van der Waals surface area contributed by atoms with Gasteiger partial charge in [-0.2, -0.15) is 4.98 Å². The summed E-state index contributed by atoms with van der Waals surface area (Å²) in [7, 11) is 0. The number of rotatable bonds is 5. The van der Waals surface area contributed by atoms with Crippen molar-refractivity contribution in [3.63, 3.8) is 0 Å². The van der Waals surface area contributed by atoms with Crippen molar-refractivity contribution in [2.45, 2.75) is 33.1 Å². The number of hydrogen-bond acceptors (Lipinski definition) is 5. The third kappa shape index (κ3) is 3.35. The van der Waals surface area contributed by atoms with E-state index in [4.69, 9.17) is 4.98 Å². The summed E-state index contributed by atoms with van der Waals surface area (Å²) < 4.78 is 0. The molecule has 1 saturated heterocycles. The fraction of sp³-hybridized carbons (Fsp3) is 0.471. The Morgan fingerprint density at radius 1 is 1.09 bits per heavy atom. The van der Waals surface area contributed by atoms with Crippen LogP contribution in [-0.4, -0.2) is 34.6 Å². The van der Waals surface area contributed by atoms with Crippen LogP contribution in [0.5, 0.6) is 0 Å². The lowest BCUT2D eigenvalue weighted by molar-refractivity contribution is 0.878. The Morgan fingerprint density at radius 3 is 2.55 bits per heavy atom. The molecule has 0 aromatic carbocycles. The van der Waals surface area contributed by atoms with Gasteiger partial charge in [0.15, 0.2) is 0 Å². The van der Waals surface area contributed by atoms with Crippen molar-refractivity contribution in [1.29, 1.82) is 0 Å². The summed E-state index contributed by atoms with van der Waals surface area (Å²) in [4.78, 5) is 15.7. The van der Waals surface area contributed by atoms with Crippen LogP contribution in [0.2, 0.25) is 0 Å². The number of aromatic nitrogens is 3. The molecule has 5 heteroatoms. The van der Waals surface area contributed by atoms with Crippen LogP contribution in [0.1, 0.15) is 29.7 Å². The van der Waals surface area contributed by atoms with Crippen LogP contribution in [0.3, 0.4) is 0 Å². The van der Waals surface area contributed by atoms with Gasteiger partial charge in [-0.15, -0.1) is 0 Å². The number of nitrogens with zero attached hydrogens (tertiary/aromatic N) is 4. The lowest BCUT2D eigenvalue weighted by atomic mass is 10.2. The van der Waals surface area contributed by atoms with Crippen molar-refractivity contribution in [1.82, 2.24) is 15.0 Å². The van der Waals surface area contributed by atoms with E-state index in [0.29, 0.717) is 0 Å². The molecule has 0 atom stereocenters. The van der Waals surface area contributed by atoms with Crippen LogP contribution in [-0.2, 0) is 6.42 Å². The van der Waals surface area contributed by atoms with E-state index in [-0.39, 0.29) is 0 Å². The zero-order valence-electron chi connectivity index (χ0n) is 13.3. The molecule has 0 saturated carbocycles. The molecule has 0 aliphatic carbocycles. The average Bonchev–Trinajstić information content (AvgIpc) is 3.07. The van der Waals surface area contributed by atoms with E-state index in [2.05, 4.69) is 46.2 Å². The Balaban J connectivity index is 1.69. The summed E-state index contributed by atoms with van der Waals surface area (Å²) in [6, 6.07) is 4.10. The minimum atomic E-state index is 0.862. The van der Waals surface area contributed by atoms with Crippen molar-refractivity contribution in [3.8, 4) is 0 Å². The van der Waals surface area contributed by atoms with Gasteiger partial charge in [0.25, 0.3) is 0 Å². The van der Waals surface area contributed by atoms with Gasteiger partial charge in [0.05, 0.1) is 0 Å². The molecule has 1 N–H and O–H groups in total. The summed E-state index contributed by atoms with van der Waals surface area (Å²) in [6.45, 7) is 7.14. The minimum Gasteiger partial charge on any atom is -0.369 e. The lowest BCUT2D eigenvalue weighted by Gasteiger charge is -2.18. The van der Waals surface area contributed by atoms with Crippen molar-refractivity contribution in [2.75, 3.05) is 29.9 Å².